The van der Waals surface area contributed by atoms with Crippen molar-refractivity contribution in [3.05, 3.63) is 62.0 Å². The summed E-state index contributed by atoms with van der Waals surface area (Å²) in [5.41, 5.74) is 8.88. The molecule has 3 rings (SSSR count). The predicted octanol–water partition coefficient (Wildman–Crippen LogP) is 11.2. The van der Waals surface area contributed by atoms with Crippen LogP contribution in [-0.4, -0.2) is 0 Å². The van der Waals surface area contributed by atoms with Crippen molar-refractivity contribution >= 4 is 37.4 Å². The Morgan fingerprint density at radius 2 is 1.09 bits per heavy atom. The van der Waals surface area contributed by atoms with Crippen LogP contribution in [0, 0.1) is 11.8 Å². The van der Waals surface area contributed by atoms with E-state index in [9.17, 15) is 0 Å². The first-order chi connectivity index (χ1) is 15.5. The van der Waals surface area contributed by atoms with Gasteiger partial charge in [0.25, 0.3) is 0 Å². The second-order valence-corrected chi connectivity index (χ2v) is 11.4. The minimum atomic E-state index is 0.785. The van der Waals surface area contributed by atoms with E-state index >= 15 is 0 Å². The summed E-state index contributed by atoms with van der Waals surface area (Å²) in [5, 5.41) is 0. The third kappa shape index (κ3) is 6.17. The summed E-state index contributed by atoms with van der Waals surface area (Å²) in [6.45, 7) is 9.42. The highest BCUT2D eigenvalue weighted by Crippen LogP contribution is 2.49. The van der Waals surface area contributed by atoms with Crippen LogP contribution in [0.15, 0.2) is 50.9 Å². The smallest absolute Gasteiger partial charge is 0.0181 e. The first-order valence-electron chi connectivity index (χ1n) is 12.8. The average Bonchev–Trinajstić information content (AvgIpc) is 3.10. The maximum atomic E-state index is 3.77. The molecule has 174 valence electrons. The van der Waals surface area contributed by atoms with Crippen molar-refractivity contribution in [1.29, 1.82) is 0 Å². The number of allylic oxidation sites excluding steroid dienone is 1. The minimum absolute atomic E-state index is 0.785. The van der Waals surface area contributed by atoms with Crippen molar-refractivity contribution in [2.45, 2.75) is 91.9 Å². The molecule has 0 aromatic heterocycles. The van der Waals surface area contributed by atoms with E-state index < -0.39 is 0 Å². The Kier molecular flexibility index (Phi) is 10.1. The molecule has 0 amide bonds. The van der Waals surface area contributed by atoms with Crippen LogP contribution in [0.1, 0.15) is 103 Å². The Morgan fingerprint density at radius 3 is 1.47 bits per heavy atom. The fourth-order valence-corrected chi connectivity index (χ4v) is 6.04. The summed E-state index contributed by atoms with van der Waals surface area (Å²) in [4.78, 5) is 0. The molecule has 0 N–H and O–H groups in total. The second-order valence-electron chi connectivity index (χ2n) is 9.60. The van der Waals surface area contributed by atoms with Gasteiger partial charge < -0.3 is 0 Å². The summed E-state index contributed by atoms with van der Waals surface area (Å²) in [6, 6.07) is 13.7. The monoisotopic (exact) mass is 558 g/mol. The summed E-state index contributed by atoms with van der Waals surface area (Å²) >= 11 is 7.53. The van der Waals surface area contributed by atoms with Crippen molar-refractivity contribution in [2.75, 3.05) is 0 Å². The van der Waals surface area contributed by atoms with Gasteiger partial charge >= 0.3 is 0 Å². The Morgan fingerprint density at radius 1 is 0.656 bits per heavy atom. The normalized spacial score (nSPS) is 14.2. The topological polar surface area (TPSA) is 0 Å². The fourth-order valence-electron chi connectivity index (χ4n) is 5.31. The summed E-state index contributed by atoms with van der Waals surface area (Å²) in [6.07, 6.45) is 13.0. The van der Waals surface area contributed by atoms with Gasteiger partial charge in [0, 0.05) is 8.95 Å². The van der Waals surface area contributed by atoms with Crippen LogP contribution in [0.5, 0.6) is 0 Å². The molecule has 2 heteroatoms. The quantitative estimate of drug-likeness (QED) is 0.207. The Balaban J connectivity index is 2.14. The van der Waals surface area contributed by atoms with E-state index in [0.717, 1.165) is 11.8 Å². The molecule has 2 aromatic rings. The lowest BCUT2D eigenvalue weighted by Crippen LogP contribution is -2.08. The van der Waals surface area contributed by atoms with Gasteiger partial charge in [-0.3, -0.25) is 0 Å². The molecule has 0 aliphatic heterocycles. The molecule has 0 saturated carbocycles. The molecule has 2 atom stereocenters. The van der Waals surface area contributed by atoms with Gasteiger partial charge in [-0.1, -0.05) is 129 Å². The zero-order valence-corrected chi connectivity index (χ0v) is 23.6. The van der Waals surface area contributed by atoms with Crippen LogP contribution in [0.2, 0.25) is 0 Å². The van der Waals surface area contributed by atoms with Gasteiger partial charge in [-0.05, 0) is 76.8 Å². The molecule has 0 fully saturated rings. The van der Waals surface area contributed by atoms with Crippen LogP contribution < -0.4 is 0 Å². The number of hydrogen-bond acceptors (Lipinski definition) is 0. The van der Waals surface area contributed by atoms with E-state index in [4.69, 9.17) is 0 Å². The highest BCUT2D eigenvalue weighted by molar-refractivity contribution is 9.10. The highest BCUT2D eigenvalue weighted by Gasteiger charge is 2.28. The lowest BCUT2D eigenvalue weighted by Gasteiger charge is -2.24. The molecule has 1 aliphatic rings. The van der Waals surface area contributed by atoms with E-state index in [1.54, 1.807) is 5.57 Å². The first kappa shape index (κ1) is 25.8. The first-order valence-corrected chi connectivity index (χ1v) is 14.4. The van der Waals surface area contributed by atoms with Gasteiger partial charge in [-0.2, -0.15) is 0 Å². The number of fused-ring (bicyclic) bond motifs is 3. The van der Waals surface area contributed by atoms with E-state index in [2.05, 4.69) is 96.0 Å². The molecule has 1 aliphatic carbocycles. The predicted molar refractivity (Wildman–Crippen MR) is 149 cm³/mol. The molecule has 2 aromatic carbocycles. The molecule has 2 unspecified atom stereocenters. The molecule has 0 nitrogen and oxygen atoms in total. The molecule has 0 heterocycles. The molecule has 0 spiro atoms. The molecular weight excluding hydrogens is 520 g/mol. The number of hydrogen-bond donors (Lipinski definition) is 0. The SMILES string of the molecule is CCCCC(CC)CC(CC(CC)CCCC)=C1c2cc(Br)ccc2-c2ccc(Br)cc21. The van der Waals surface area contributed by atoms with Crippen molar-refractivity contribution in [3.63, 3.8) is 0 Å². The van der Waals surface area contributed by atoms with Crippen LogP contribution in [-0.2, 0) is 0 Å². The lowest BCUT2D eigenvalue weighted by atomic mass is 9.81. The Hall–Kier alpha value is -0.860. The minimum Gasteiger partial charge on any atom is -0.0654 e. The average molecular weight is 560 g/mol. The molecule has 0 bridgehead atoms. The lowest BCUT2D eigenvalue weighted by molar-refractivity contribution is 0.408. The standard InChI is InChI=1S/C30H40Br2/c1-5-9-11-21(7-3)17-23(18-22(8-4)12-10-6-2)30-28-19-24(31)13-15-26(28)27-16-14-25(32)20-29(27)30/h13-16,19-22H,5-12,17-18H2,1-4H3. The molecular formula is C30H40Br2. The van der Waals surface area contributed by atoms with Gasteiger partial charge in [0.15, 0.2) is 0 Å². The van der Waals surface area contributed by atoms with Gasteiger partial charge in [0.05, 0.1) is 0 Å². The maximum Gasteiger partial charge on any atom is 0.0181 e. The van der Waals surface area contributed by atoms with Crippen LogP contribution in [0.4, 0.5) is 0 Å². The van der Waals surface area contributed by atoms with Crippen molar-refractivity contribution in [3.8, 4) is 11.1 Å². The third-order valence-corrected chi connectivity index (χ3v) is 8.29. The van der Waals surface area contributed by atoms with Crippen molar-refractivity contribution in [1.82, 2.24) is 0 Å². The van der Waals surface area contributed by atoms with E-state index in [0.29, 0.717) is 0 Å². The number of halogens is 2. The van der Waals surface area contributed by atoms with E-state index in [1.807, 2.05) is 0 Å². The second kappa shape index (κ2) is 12.6. The molecule has 0 radical (unpaired) electrons. The van der Waals surface area contributed by atoms with E-state index in [-0.39, 0.29) is 0 Å². The fraction of sp³-hybridized carbons (Fsp3) is 0.533. The Bertz CT molecular complexity index is 851. The molecule has 32 heavy (non-hydrogen) atoms. The van der Waals surface area contributed by atoms with Gasteiger partial charge in [0.1, 0.15) is 0 Å². The summed E-state index contributed by atoms with van der Waals surface area (Å²) < 4.78 is 2.35. The third-order valence-electron chi connectivity index (χ3n) is 7.30. The van der Waals surface area contributed by atoms with Crippen molar-refractivity contribution in [2.24, 2.45) is 11.8 Å². The maximum absolute atomic E-state index is 3.77. The number of rotatable bonds is 12. The molecule has 0 saturated heterocycles. The van der Waals surface area contributed by atoms with Gasteiger partial charge in [-0.15, -0.1) is 0 Å². The van der Waals surface area contributed by atoms with E-state index in [1.165, 1.54) is 101 Å². The van der Waals surface area contributed by atoms with Gasteiger partial charge in [-0.25, -0.2) is 0 Å². The Labute approximate surface area is 213 Å². The zero-order valence-electron chi connectivity index (χ0n) is 20.4. The largest absolute Gasteiger partial charge is 0.0654 e. The van der Waals surface area contributed by atoms with Crippen LogP contribution in [0.3, 0.4) is 0 Å². The number of unbranched alkanes of at least 4 members (excludes halogenated alkanes) is 2. The summed E-state index contributed by atoms with van der Waals surface area (Å²) in [7, 11) is 0. The van der Waals surface area contributed by atoms with Gasteiger partial charge in [0.2, 0.25) is 0 Å². The van der Waals surface area contributed by atoms with Crippen LogP contribution >= 0.6 is 31.9 Å². The van der Waals surface area contributed by atoms with Crippen LogP contribution in [0.25, 0.3) is 16.7 Å². The zero-order chi connectivity index (χ0) is 23.1. The number of benzene rings is 2. The summed E-state index contributed by atoms with van der Waals surface area (Å²) in [5.74, 6) is 1.57. The highest BCUT2D eigenvalue weighted by atomic mass is 79.9. The van der Waals surface area contributed by atoms with Crippen molar-refractivity contribution < 1.29 is 0 Å².